The van der Waals surface area contributed by atoms with Gasteiger partial charge in [0.15, 0.2) is 0 Å². The number of carbonyl (C=O) groups excluding carboxylic acids is 1. The maximum absolute atomic E-state index is 11.9. The van der Waals surface area contributed by atoms with Gasteiger partial charge < -0.3 is 10.4 Å². The average molecular weight is 270 g/mol. The van der Waals surface area contributed by atoms with Crippen LogP contribution < -0.4 is 5.32 Å². The van der Waals surface area contributed by atoms with Crippen LogP contribution in [0, 0.1) is 19.8 Å². The molecule has 0 saturated carbocycles. The van der Waals surface area contributed by atoms with Gasteiger partial charge in [0.2, 0.25) is 0 Å². The Kier molecular flexibility index (Phi) is 4.84. The fourth-order valence-corrected chi connectivity index (χ4v) is 2.47. The minimum absolute atomic E-state index is 0.199. The highest BCUT2D eigenvalue weighted by molar-refractivity contribution is 7.11. The second-order valence-corrected chi connectivity index (χ2v) is 6.04. The quantitative estimate of drug-likeness (QED) is 0.857. The summed E-state index contributed by atoms with van der Waals surface area (Å²) in [6.45, 7) is 7.45. The summed E-state index contributed by atoms with van der Waals surface area (Å²) in [6, 6.07) is -0.862. The molecule has 0 aromatic carbocycles. The Labute approximate surface area is 110 Å². The normalized spacial score (nSPS) is 12.5. The van der Waals surface area contributed by atoms with Crippen molar-refractivity contribution in [2.45, 2.75) is 40.2 Å². The molecule has 2 N–H and O–H groups in total. The van der Waals surface area contributed by atoms with Crippen LogP contribution in [0.4, 0.5) is 0 Å². The molecule has 1 amide bonds. The van der Waals surface area contributed by atoms with Gasteiger partial charge in [-0.2, -0.15) is 0 Å². The number of thiazole rings is 1. The molecular formula is C12H18N2O3S. The number of carboxylic acids is 1. The molecular weight excluding hydrogens is 252 g/mol. The van der Waals surface area contributed by atoms with Gasteiger partial charge in [0.05, 0.1) is 5.01 Å². The second-order valence-electron chi connectivity index (χ2n) is 4.63. The molecule has 0 saturated heterocycles. The number of rotatable bonds is 5. The number of hydrogen-bond donors (Lipinski definition) is 2. The minimum atomic E-state index is -1.01. The highest BCUT2D eigenvalue weighted by Gasteiger charge is 2.23. The third kappa shape index (κ3) is 3.80. The largest absolute Gasteiger partial charge is 0.480 e. The van der Waals surface area contributed by atoms with Crippen LogP contribution in [0.15, 0.2) is 0 Å². The first-order valence-electron chi connectivity index (χ1n) is 5.79. The third-order valence-corrected chi connectivity index (χ3v) is 3.32. The molecule has 100 valence electrons. The molecule has 0 aliphatic rings. The number of nitrogens with one attached hydrogen (secondary N) is 1. The van der Waals surface area contributed by atoms with Crippen molar-refractivity contribution in [1.82, 2.24) is 10.3 Å². The van der Waals surface area contributed by atoms with Crippen LogP contribution >= 0.6 is 11.3 Å². The van der Waals surface area contributed by atoms with Gasteiger partial charge in [-0.3, -0.25) is 4.79 Å². The fraction of sp³-hybridized carbons (Fsp3) is 0.583. The molecule has 1 aromatic heterocycles. The Balaban J connectivity index is 2.78. The predicted molar refractivity (Wildman–Crippen MR) is 69.9 cm³/mol. The molecule has 0 aliphatic carbocycles. The van der Waals surface area contributed by atoms with Gasteiger partial charge >= 0.3 is 5.97 Å². The summed E-state index contributed by atoms with van der Waals surface area (Å²) in [5, 5.41) is 12.4. The molecule has 0 radical (unpaired) electrons. The van der Waals surface area contributed by atoms with Crippen molar-refractivity contribution in [3.05, 3.63) is 15.6 Å². The van der Waals surface area contributed by atoms with Crippen molar-refractivity contribution in [2.24, 2.45) is 5.92 Å². The lowest BCUT2D eigenvalue weighted by atomic mass is 10.0. The first kappa shape index (κ1) is 14.6. The van der Waals surface area contributed by atoms with E-state index in [1.165, 1.54) is 11.3 Å². The molecule has 0 spiro atoms. The monoisotopic (exact) mass is 270 g/mol. The Bertz CT molecular complexity index is 454. The molecule has 6 heteroatoms. The van der Waals surface area contributed by atoms with Crippen LogP contribution in [0.25, 0.3) is 0 Å². The Hall–Kier alpha value is -1.43. The number of hydrogen-bond acceptors (Lipinski definition) is 4. The second kappa shape index (κ2) is 5.95. The SMILES string of the molecule is Cc1nc(C(=O)NC(CC(C)C)C(=O)O)c(C)s1. The van der Waals surface area contributed by atoms with E-state index in [9.17, 15) is 9.59 Å². The van der Waals surface area contributed by atoms with E-state index in [1.54, 1.807) is 6.92 Å². The van der Waals surface area contributed by atoms with Gasteiger partial charge in [-0.1, -0.05) is 13.8 Å². The van der Waals surface area contributed by atoms with Crippen molar-refractivity contribution in [2.75, 3.05) is 0 Å². The van der Waals surface area contributed by atoms with Gasteiger partial charge in [0.1, 0.15) is 11.7 Å². The van der Waals surface area contributed by atoms with Gasteiger partial charge in [-0.05, 0) is 26.2 Å². The van der Waals surface area contributed by atoms with Gasteiger partial charge in [0, 0.05) is 4.88 Å². The number of carbonyl (C=O) groups is 2. The third-order valence-electron chi connectivity index (χ3n) is 2.43. The predicted octanol–water partition coefficient (Wildman–Crippen LogP) is 1.99. The molecule has 0 fully saturated rings. The van der Waals surface area contributed by atoms with Crippen molar-refractivity contribution in [3.63, 3.8) is 0 Å². The zero-order valence-electron chi connectivity index (χ0n) is 11.0. The molecule has 5 nitrogen and oxygen atoms in total. The number of nitrogens with zero attached hydrogens (tertiary/aromatic N) is 1. The summed E-state index contributed by atoms with van der Waals surface area (Å²) in [6.07, 6.45) is 0.406. The number of aromatic nitrogens is 1. The van der Waals surface area contributed by atoms with E-state index < -0.39 is 17.9 Å². The zero-order valence-corrected chi connectivity index (χ0v) is 11.8. The van der Waals surface area contributed by atoms with E-state index in [0.717, 1.165) is 9.88 Å². The Morgan fingerprint density at radius 1 is 1.39 bits per heavy atom. The van der Waals surface area contributed by atoms with Crippen molar-refractivity contribution < 1.29 is 14.7 Å². The fourth-order valence-electron chi connectivity index (χ4n) is 1.66. The van der Waals surface area contributed by atoms with E-state index in [-0.39, 0.29) is 5.92 Å². The highest BCUT2D eigenvalue weighted by atomic mass is 32.1. The molecule has 1 unspecified atom stereocenters. The van der Waals surface area contributed by atoms with Gasteiger partial charge in [0.25, 0.3) is 5.91 Å². The summed E-state index contributed by atoms with van der Waals surface area (Å²) in [4.78, 5) is 27.9. The minimum Gasteiger partial charge on any atom is -0.480 e. The van der Waals surface area contributed by atoms with E-state index in [1.807, 2.05) is 20.8 Å². The lowest BCUT2D eigenvalue weighted by Gasteiger charge is -2.15. The smallest absolute Gasteiger partial charge is 0.326 e. The molecule has 1 aromatic rings. The van der Waals surface area contributed by atoms with Crippen molar-refractivity contribution in [1.29, 1.82) is 0 Å². The van der Waals surface area contributed by atoms with E-state index in [0.29, 0.717) is 12.1 Å². The maximum atomic E-state index is 11.9. The van der Waals surface area contributed by atoms with Crippen molar-refractivity contribution >= 4 is 23.2 Å². The maximum Gasteiger partial charge on any atom is 0.326 e. The Morgan fingerprint density at radius 2 is 2.00 bits per heavy atom. The van der Waals surface area contributed by atoms with Gasteiger partial charge in [-0.25, -0.2) is 9.78 Å². The summed E-state index contributed by atoms with van der Waals surface area (Å²) in [7, 11) is 0. The number of aliphatic carboxylic acids is 1. The first-order valence-corrected chi connectivity index (χ1v) is 6.60. The Morgan fingerprint density at radius 3 is 2.39 bits per heavy atom. The van der Waals surface area contributed by atoms with Crippen LogP contribution in [0.2, 0.25) is 0 Å². The van der Waals surface area contributed by atoms with Crippen LogP contribution in [-0.2, 0) is 4.79 Å². The summed E-state index contributed by atoms with van der Waals surface area (Å²) in [5.74, 6) is -1.23. The van der Waals surface area contributed by atoms with Gasteiger partial charge in [-0.15, -0.1) is 11.3 Å². The number of amides is 1. The van der Waals surface area contributed by atoms with Crippen LogP contribution in [0.3, 0.4) is 0 Å². The first-order chi connectivity index (χ1) is 8.31. The molecule has 1 atom stereocenters. The topological polar surface area (TPSA) is 79.3 Å². The molecule has 1 heterocycles. The van der Waals surface area contributed by atoms with Crippen LogP contribution in [0.1, 0.15) is 40.6 Å². The molecule has 0 bridgehead atoms. The molecule has 18 heavy (non-hydrogen) atoms. The summed E-state index contributed by atoms with van der Waals surface area (Å²) in [5.41, 5.74) is 0.326. The van der Waals surface area contributed by atoms with Crippen molar-refractivity contribution in [3.8, 4) is 0 Å². The summed E-state index contributed by atoms with van der Waals surface area (Å²) >= 11 is 1.43. The number of carboxylic acid groups (broad SMARTS) is 1. The zero-order chi connectivity index (χ0) is 13.9. The standard InChI is InChI=1S/C12H18N2O3S/c1-6(2)5-9(12(16)17)14-11(15)10-7(3)18-8(4)13-10/h6,9H,5H2,1-4H3,(H,14,15)(H,16,17). The van der Waals surface area contributed by atoms with Crippen LogP contribution in [0.5, 0.6) is 0 Å². The molecule has 1 rings (SSSR count). The highest BCUT2D eigenvalue weighted by Crippen LogP contribution is 2.16. The molecule has 0 aliphatic heterocycles. The summed E-state index contributed by atoms with van der Waals surface area (Å²) < 4.78 is 0. The average Bonchev–Trinajstić information content (AvgIpc) is 2.56. The van der Waals surface area contributed by atoms with E-state index in [2.05, 4.69) is 10.3 Å². The van der Waals surface area contributed by atoms with E-state index in [4.69, 9.17) is 5.11 Å². The van der Waals surface area contributed by atoms with Crippen LogP contribution in [-0.4, -0.2) is 28.0 Å². The van der Waals surface area contributed by atoms with E-state index >= 15 is 0 Å². The number of aryl methyl sites for hydroxylation is 2. The lowest BCUT2D eigenvalue weighted by Crippen LogP contribution is -2.42. The lowest BCUT2D eigenvalue weighted by molar-refractivity contribution is -0.139.